The van der Waals surface area contributed by atoms with Gasteiger partial charge in [0.05, 0.1) is 29.6 Å². The molecule has 2 aromatic heterocycles. The number of aromatic amines is 1. The van der Waals surface area contributed by atoms with Crippen LogP contribution in [0.3, 0.4) is 0 Å². The van der Waals surface area contributed by atoms with E-state index in [2.05, 4.69) is 28.4 Å². The van der Waals surface area contributed by atoms with Crippen LogP contribution in [0.4, 0.5) is 13.2 Å². The van der Waals surface area contributed by atoms with Crippen molar-refractivity contribution in [3.8, 4) is 11.1 Å². The van der Waals surface area contributed by atoms with Gasteiger partial charge in [-0.2, -0.15) is 18.3 Å². The van der Waals surface area contributed by atoms with Crippen LogP contribution in [0, 0.1) is 0 Å². The molecule has 0 spiro atoms. The van der Waals surface area contributed by atoms with Crippen molar-refractivity contribution in [1.82, 2.24) is 24.4 Å². The van der Waals surface area contributed by atoms with Gasteiger partial charge < -0.3 is 21.1 Å². The van der Waals surface area contributed by atoms with Crippen molar-refractivity contribution < 1.29 is 36.3 Å². The van der Waals surface area contributed by atoms with E-state index in [0.29, 0.717) is 18.7 Å². The molecule has 42 heavy (non-hydrogen) atoms. The molecule has 4 rings (SSSR count). The topological polar surface area (TPSA) is 163 Å². The predicted octanol–water partition coefficient (Wildman–Crippen LogP) is 3.68. The van der Waals surface area contributed by atoms with Crippen LogP contribution in [-0.2, 0) is 21.4 Å². The molecular weight excluding hydrogens is 577 g/mol. The first-order valence-corrected chi connectivity index (χ1v) is 15.4. The number of carboxylic acid groups (broad SMARTS) is 1. The average Bonchev–Trinajstić information content (AvgIpc) is 3.59. The fourth-order valence-electron chi connectivity index (χ4n) is 4.83. The maximum atomic E-state index is 12.3. The van der Waals surface area contributed by atoms with E-state index in [4.69, 9.17) is 15.6 Å². The molecule has 0 bridgehead atoms. The Labute approximate surface area is 242 Å². The van der Waals surface area contributed by atoms with Crippen molar-refractivity contribution in [2.24, 2.45) is 5.73 Å². The number of aliphatic carboxylic acids is 1. The Morgan fingerprint density at radius 2 is 1.83 bits per heavy atom. The summed E-state index contributed by atoms with van der Waals surface area (Å²) in [5.74, 6) is -2.91. The molecule has 1 amide bonds. The molecule has 0 saturated carbocycles. The van der Waals surface area contributed by atoms with Crippen molar-refractivity contribution in [3.63, 3.8) is 0 Å². The molecule has 15 heteroatoms. The zero-order valence-electron chi connectivity index (χ0n) is 23.6. The van der Waals surface area contributed by atoms with Crippen LogP contribution in [0.15, 0.2) is 30.7 Å². The number of H-pyrrole nitrogens is 1. The van der Waals surface area contributed by atoms with Crippen molar-refractivity contribution >= 4 is 32.8 Å². The molecular formula is C27H37F3N6O5S. The van der Waals surface area contributed by atoms with Gasteiger partial charge in [0, 0.05) is 43.0 Å². The van der Waals surface area contributed by atoms with Gasteiger partial charge in [0.15, 0.2) is 0 Å². The first-order chi connectivity index (χ1) is 19.8. The fraction of sp³-hybridized carbons (Fsp3) is 0.519. The number of rotatable bonds is 11. The summed E-state index contributed by atoms with van der Waals surface area (Å²) in [6, 6.07) is 3.91. The molecule has 0 atom stereocenters. The number of carbonyl (C=O) groups is 2. The van der Waals surface area contributed by atoms with Crippen LogP contribution >= 0.6 is 0 Å². The SMILES string of the molecule is CCCCNCCn1cc(-c2cc(C(N)=O)c3[nH]cc(C4CCN(S(=O)(=O)CC)CC4)c3c2)cn1.O=C(O)C(F)(F)F. The summed E-state index contributed by atoms with van der Waals surface area (Å²) in [6.45, 7) is 7.49. The maximum Gasteiger partial charge on any atom is 0.490 e. The number of nitrogens with one attached hydrogen (secondary N) is 2. The number of unbranched alkanes of at least 4 members (excludes halogenated alkanes) is 1. The highest BCUT2D eigenvalue weighted by Crippen LogP contribution is 2.37. The number of aromatic nitrogens is 3. The molecule has 1 aliphatic rings. The Kier molecular flexibility index (Phi) is 11.2. The van der Waals surface area contributed by atoms with Crippen LogP contribution < -0.4 is 11.1 Å². The second-order valence-electron chi connectivity index (χ2n) is 10.0. The van der Waals surface area contributed by atoms with Crippen LogP contribution in [0.1, 0.15) is 61.4 Å². The summed E-state index contributed by atoms with van der Waals surface area (Å²) in [7, 11) is -3.18. The van der Waals surface area contributed by atoms with Crippen molar-refractivity contribution in [2.75, 3.05) is 31.9 Å². The largest absolute Gasteiger partial charge is 0.490 e. The molecule has 1 aromatic carbocycles. The highest BCUT2D eigenvalue weighted by atomic mass is 32.2. The Bertz CT molecular complexity index is 1480. The number of nitrogens with two attached hydrogens (primary N) is 1. The van der Waals surface area contributed by atoms with E-state index in [1.807, 2.05) is 29.3 Å². The molecule has 1 fully saturated rings. The normalized spacial score (nSPS) is 15.0. The summed E-state index contributed by atoms with van der Waals surface area (Å²) in [5, 5.41) is 16.0. The zero-order chi connectivity index (χ0) is 31.1. The van der Waals surface area contributed by atoms with E-state index in [9.17, 15) is 26.4 Å². The molecule has 1 saturated heterocycles. The lowest BCUT2D eigenvalue weighted by atomic mass is 9.88. The number of alkyl halides is 3. The van der Waals surface area contributed by atoms with Gasteiger partial charge in [0.25, 0.3) is 5.91 Å². The first-order valence-electron chi connectivity index (χ1n) is 13.7. The quantitative estimate of drug-likeness (QED) is 0.239. The Morgan fingerprint density at radius 3 is 2.40 bits per heavy atom. The zero-order valence-corrected chi connectivity index (χ0v) is 24.4. The molecule has 1 aliphatic heterocycles. The number of halogens is 3. The number of carbonyl (C=O) groups excluding carboxylic acids is 1. The summed E-state index contributed by atoms with van der Waals surface area (Å²) >= 11 is 0. The van der Waals surface area contributed by atoms with Gasteiger partial charge in [-0.15, -0.1) is 0 Å². The number of amides is 1. The minimum absolute atomic E-state index is 0.124. The summed E-state index contributed by atoms with van der Waals surface area (Å²) < 4.78 is 59.7. The minimum atomic E-state index is -5.08. The standard InChI is InChI=1S/C25H36N6O3S.C2HF3O2/c1-3-5-8-27-9-12-30-17-20(15-29-30)19-13-21-23(16-28-24(21)22(14-19)25(26)32)18-6-10-31(11-7-18)35(33,34)4-2;3-2(4,5)1(6)7/h13-18,27-28H,3-12H2,1-2H3,(H2,26,32);(H,6,7). The number of carboxylic acids is 1. The summed E-state index contributed by atoms with van der Waals surface area (Å²) in [5.41, 5.74) is 9.85. The Hall–Kier alpha value is -3.43. The third-order valence-electron chi connectivity index (χ3n) is 7.17. The number of hydrogen-bond acceptors (Lipinski definition) is 6. The minimum Gasteiger partial charge on any atom is -0.475 e. The molecule has 3 heterocycles. The van der Waals surface area contributed by atoms with Gasteiger partial charge in [0.2, 0.25) is 10.0 Å². The molecule has 0 aliphatic carbocycles. The first kappa shape index (κ1) is 33.1. The second kappa shape index (κ2) is 14.2. The van der Waals surface area contributed by atoms with E-state index >= 15 is 0 Å². The van der Waals surface area contributed by atoms with Gasteiger partial charge >= 0.3 is 12.1 Å². The number of hydrogen-bond donors (Lipinski definition) is 4. The van der Waals surface area contributed by atoms with E-state index in [-0.39, 0.29) is 11.7 Å². The average molecular weight is 615 g/mol. The molecule has 0 unspecified atom stereocenters. The van der Waals surface area contributed by atoms with Crippen LogP contribution in [-0.4, -0.2) is 82.6 Å². The lowest BCUT2D eigenvalue weighted by Gasteiger charge is -2.31. The van der Waals surface area contributed by atoms with Crippen molar-refractivity contribution in [1.29, 1.82) is 0 Å². The lowest BCUT2D eigenvalue weighted by Crippen LogP contribution is -2.38. The number of fused-ring (bicyclic) bond motifs is 1. The number of benzene rings is 1. The van der Waals surface area contributed by atoms with Crippen LogP contribution in [0.25, 0.3) is 22.0 Å². The van der Waals surface area contributed by atoms with Gasteiger partial charge in [0.1, 0.15) is 0 Å². The molecule has 11 nitrogen and oxygen atoms in total. The number of sulfonamides is 1. The number of primary amides is 1. The predicted molar refractivity (Wildman–Crippen MR) is 153 cm³/mol. The maximum absolute atomic E-state index is 12.3. The molecule has 0 radical (unpaired) electrons. The third kappa shape index (κ3) is 8.32. The Morgan fingerprint density at radius 1 is 1.17 bits per heavy atom. The van der Waals surface area contributed by atoms with Crippen molar-refractivity contribution in [2.45, 2.75) is 58.2 Å². The fourth-order valence-corrected chi connectivity index (χ4v) is 5.97. The highest BCUT2D eigenvalue weighted by molar-refractivity contribution is 7.89. The highest BCUT2D eigenvalue weighted by Gasteiger charge is 2.38. The lowest BCUT2D eigenvalue weighted by molar-refractivity contribution is -0.192. The molecule has 5 N–H and O–H groups in total. The second-order valence-corrected chi connectivity index (χ2v) is 12.3. The Balaban J connectivity index is 0.000000616. The van der Waals surface area contributed by atoms with Crippen molar-refractivity contribution in [3.05, 3.63) is 41.9 Å². The van der Waals surface area contributed by atoms with Gasteiger partial charge in [-0.05, 0) is 61.9 Å². The monoisotopic (exact) mass is 614 g/mol. The van der Waals surface area contributed by atoms with Crippen LogP contribution in [0.5, 0.6) is 0 Å². The third-order valence-corrected chi connectivity index (χ3v) is 9.05. The summed E-state index contributed by atoms with van der Waals surface area (Å²) in [6.07, 6.45) is 4.48. The van der Waals surface area contributed by atoms with Gasteiger partial charge in [-0.3, -0.25) is 9.48 Å². The molecule has 3 aromatic rings. The van der Waals surface area contributed by atoms with Crippen LogP contribution in [0.2, 0.25) is 0 Å². The molecule has 232 valence electrons. The smallest absolute Gasteiger partial charge is 0.475 e. The van der Waals surface area contributed by atoms with Gasteiger partial charge in [-0.25, -0.2) is 17.5 Å². The van der Waals surface area contributed by atoms with E-state index < -0.39 is 28.1 Å². The number of piperidine rings is 1. The van der Waals surface area contributed by atoms with E-state index in [0.717, 1.165) is 66.5 Å². The van der Waals surface area contributed by atoms with Gasteiger partial charge in [-0.1, -0.05) is 13.3 Å². The summed E-state index contributed by atoms with van der Waals surface area (Å²) in [4.78, 5) is 24.5. The van der Waals surface area contributed by atoms with E-state index in [1.165, 1.54) is 6.42 Å². The number of nitrogens with zero attached hydrogens (tertiary/aromatic N) is 3. The van der Waals surface area contributed by atoms with E-state index in [1.54, 1.807) is 11.2 Å².